The molecule has 1 aromatic carbocycles. The van der Waals surface area contributed by atoms with Gasteiger partial charge in [0.05, 0.1) is 16.7 Å². The number of hydrogen-bond donors (Lipinski definition) is 1. The molecule has 1 aliphatic rings. The van der Waals surface area contributed by atoms with Gasteiger partial charge < -0.3 is 15.2 Å². The van der Waals surface area contributed by atoms with Gasteiger partial charge in [-0.05, 0) is 38.8 Å². The molecule has 1 unspecified atom stereocenters. The van der Waals surface area contributed by atoms with Crippen LogP contribution in [0.15, 0.2) is 12.1 Å². The van der Waals surface area contributed by atoms with E-state index in [0.29, 0.717) is 28.9 Å². The lowest BCUT2D eigenvalue weighted by Crippen LogP contribution is -2.24. The van der Waals surface area contributed by atoms with Crippen molar-refractivity contribution in [3.8, 4) is 5.75 Å². The number of hydrogen-bond acceptors (Lipinski definition) is 3. The van der Waals surface area contributed by atoms with Crippen molar-refractivity contribution in [2.75, 3.05) is 6.61 Å². The SMILES string of the molecule is CC1(C)CCC(COc2c(Cl)cc(Cl)cc2CN)O1. The van der Waals surface area contributed by atoms with Crippen molar-refractivity contribution in [3.63, 3.8) is 0 Å². The van der Waals surface area contributed by atoms with Crippen molar-refractivity contribution in [1.29, 1.82) is 0 Å². The molecule has 1 aliphatic heterocycles. The Kier molecular flexibility index (Phi) is 4.62. The highest BCUT2D eigenvalue weighted by atomic mass is 35.5. The van der Waals surface area contributed by atoms with Crippen LogP contribution in [0.3, 0.4) is 0 Å². The average Bonchev–Trinajstić information content (AvgIpc) is 2.67. The molecule has 0 aromatic heterocycles. The highest BCUT2D eigenvalue weighted by molar-refractivity contribution is 6.35. The van der Waals surface area contributed by atoms with Crippen molar-refractivity contribution in [1.82, 2.24) is 0 Å². The van der Waals surface area contributed by atoms with Crippen molar-refractivity contribution >= 4 is 23.2 Å². The van der Waals surface area contributed by atoms with E-state index in [9.17, 15) is 0 Å². The summed E-state index contributed by atoms with van der Waals surface area (Å²) >= 11 is 12.1. The van der Waals surface area contributed by atoms with Crippen LogP contribution in [0.1, 0.15) is 32.3 Å². The molecule has 0 aliphatic carbocycles. The molecule has 1 fully saturated rings. The zero-order valence-corrected chi connectivity index (χ0v) is 12.7. The lowest BCUT2D eigenvalue weighted by Gasteiger charge is -2.20. The minimum atomic E-state index is -0.0610. The topological polar surface area (TPSA) is 44.5 Å². The summed E-state index contributed by atoms with van der Waals surface area (Å²) in [5.41, 5.74) is 6.44. The van der Waals surface area contributed by atoms with Crippen molar-refractivity contribution in [3.05, 3.63) is 27.7 Å². The van der Waals surface area contributed by atoms with Gasteiger partial charge in [0.25, 0.3) is 0 Å². The molecule has 0 radical (unpaired) electrons. The number of benzene rings is 1. The summed E-state index contributed by atoms with van der Waals surface area (Å²) in [6.45, 7) is 5.01. The fraction of sp³-hybridized carbons (Fsp3) is 0.571. The Morgan fingerprint density at radius 2 is 2.16 bits per heavy atom. The van der Waals surface area contributed by atoms with Gasteiger partial charge >= 0.3 is 0 Å². The molecule has 19 heavy (non-hydrogen) atoms. The molecule has 1 saturated heterocycles. The van der Waals surface area contributed by atoms with Gasteiger partial charge in [-0.3, -0.25) is 0 Å². The number of nitrogens with two attached hydrogens (primary N) is 1. The first-order valence-corrected chi connectivity index (χ1v) is 7.15. The maximum atomic E-state index is 6.15. The van der Waals surface area contributed by atoms with Crippen LogP contribution in [-0.4, -0.2) is 18.3 Å². The van der Waals surface area contributed by atoms with E-state index in [1.807, 2.05) is 0 Å². The Morgan fingerprint density at radius 1 is 1.42 bits per heavy atom. The van der Waals surface area contributed by atoms with Gasteiger partial charge in [-0.2, -0.15) is 0 Å². The number of ether oxygens (including phenoxy) is 2. The van der Waals surface area contributed by atoms with Gasteiger partial charge in [0.2, 0.25) is 0 Å². The van der Waals surface area contributed by atoms with Gasteiger partial charge in [0.1, 0.15) is 12.4 Å². The second-order valence-corrected chi connectivity index (χ2v) is 6.27. The third kappa shape index (κ3) is 3.76. The van der Waals surface area contributed by atoms with E-state index in [-0.39, 0.29) is 11.7 Å². The van der Waals surface area contributed by atoms with Gasteiger partial charge in [-0.1, -0.05) is 23.2 Å². The zero-order chi connectivity index (χ0) is 14.0. The monoisotopic (exact) mass is 303 g/mol. The van der Waals surface area contributed by atoms with Crippen LogP contribution in [0, 0.1) is 0 Å². The summed E-state index contributed by atoms with van der Waals surface area (Å²) in [6, 6.07) is 3.44. The van der Waals surface area contributed by atoms with Crippen LogP contribution in [-0.2, 0) is 11.3 Å². The van der Waals surface area contributed by atoms with Crippen molar-refractivity contribution in [2.45, 2.75) is 44.9 Å². The lowest BCUT2D eigenvalue weighted by atomic mass is 10.1. The molecule has 1 aromatic rings. The Morgan fingerprint density at radius 3 is 2.74 bits per heavy atom. The molecule has 1 atom stereocenters. The second kappa shape index (κ2) is 5.88. The summed E-state index contributed by atoms with van der Waals surface area (Å²) in [6.07, 6.45) is 2.14. The van der Waals surface area contributed by atoms with Crippen LogP contribution >= 0.6 is 23.2 Å². The minimum absolute atomic E-state index is 0.0610. The molecular weight excluding hydrogens is 285 g/mol. The summed E-state index contributed by atoms with van der Waals surface area (Å²) < 4.78 is 11.7. The average molecular weight is 304 g/mol. The normalized spacial score (nSPS) is 21.6. The lowest BCUT2D eigenvalue weighted by molar-refractivity contribution is -0.0327. The van der Waals surface area contributed by atoms with Gasteiger partial charge in [0.15, 0.2) is 0 Å². The molecule has 2 rings (SSSR count). The molecule has 1 heterocycles. The summed E-state index contributed by atoms with van der Waals surface area (Å²) in [4.78, 5) is 0. The molecule has 3 nitrogen and oxygen atoms in total. The highest BCUT2D eigenvalue weighted by Gasteiger charge is 2.32. The van der Waals surface area contributed by atoms with Gasteiger partial charge in [0, 0.05) is 17.1 Å². The standard InChI is InChI=1S/C14H19Cl2NO2/c1-14(2)4-3-11(19-14)8-18-13-9(7-17)5-10(15)6-12(13)16/h5-6,11H,3-4,7-8,17H2,1-2H3. The molecular formula is C14H19Cl2NO2. The van der Waals surface area contributed by atoms with E-state index in [2.05, 4.69) is 13.8 Å². The molecule has 2 N–H and O–H groups in total. The van der Waals surface area contributed by atoms with E-state index >= 15 is 0 Å². The summed E-state index contributed by atoms with van der Waals surface area (Å²) in [5, 5.41) is 1.06. The quantitative estimate of drug-likeness (QED) is 0.920. The van der Waals surface area contributed by atoms with Crippen LogP contribution in [0.4, 0.5) is 0 Å². The highest BCUT2D eigenvalue weighted by Crippen LogP contribution is 2.34. The Bertz CT molecular complexity index is 463. The predicted octanol–water partition coefficient (Wildman–Crippen LogP) is 3.79. The van der Waals surface area contributed by atoms with Gasteiger partial charge in [-0.25, -0.2) is 0 Å². The van der Waals surface area contributed by atoms with Crippen molar-refractivity contribution in [2.24, 2.45) is 5.73 Å². The molecule has 0 amide bonds. The van der Waals surface area contributed by atoms with E-state index in [4.69, 9.17) is 38.4 Å². The fourth-order valence-electron chi connectivity index (χ4n) is 2.30. The van der Waals surface area contributed by atoms with E-state index in [0.717, 1.165) is 18.4 Å². The predicted molar refractivity (Wildman–Crippen MR) is 78.0 cm³/mol. The summed E-state index contributed by atoms with van der Waals surface area (Å²) in [7, 11) is 0. The molecule has 5 heteroatoms. The number of halogens is 2. The third-order valence-electron chi connectivity index (χ3n) is 3.27. The first kappa shape index (κ1) is 14.9. The molecule has 0 spiro atoms. The Labute approximate surface area is 124 Å². The Balaban J connectivity index is 2.04. The number of rotatable bonds is 4. The zero-order valence-electron chi connectivity index (χ0n) is 11.2. The van der Waals surface area contributed by atoms with Crippen molar-refractivity contribution < 1.29 is 9.47 Å². The van der Waals surface area contributed by atoms with Crippen LogP contribution < -0.4 is 10.5 Å². The molecule has 0 bridgehead atoms. The van der Waals surface area contributed by atoms with Crippen LogP contribution in [0.2, 0.25) is 10.0 Å². The first-order valence-electron chi connectivity index (χ1n) is 6.40. The van der Waals surface area contributed by atoms with Crippen LogP contribution in [0.5, 0.6) is 5.75 Å². The smallest absolute Gasteiger partial charge is 0.142 e. The maximum absolute atomic E-state index is 6.15. The minimum Gasteiger partial charge on any atom is -0.489 e. The molecule has 106 valence electrons. The maximum Gasteiger partial charge on any atom is 0.142 e. The largest absolute Gasteiger partial charge is 0.489 e. The van der Waals surface area contributed by atoms with E-state index < -0.39 is 0 Å². The van der Waals surface area contributed by atoms with Crippen LogP contribution in [0.25, 0.3) is 0 Å². The molecule has 0 saturated carbocycles. The Hall–Kier alpha value is -0.480. The van der Waals surface area contributed by atoms with E-state index in [1.165, 1.54) is 0 Å². The third-order valence-corrected chi connectivity index (χ3v) is 3.77. The summed E-state index contributed by atoms with van der Waals surface area (Å²) in [5.74, 6) is 0.613. The second-order valence-electron chi connectivity index (χ2n) is 5.43. The van der Waals surface area contributed by atoms with E-state index in [1.54, 1.807) is 12.1 Å². The van der Waals surface area contributed by atoms with Gasteiger partial charge in [-0.15, -0.1) is 0 Å². The fourth-order valence-corrected chi connectivity index (χ4v) is 2.89. The first-order chi connectivity index (χ1) is 8.91.